The Morgan fingerprint density at radius 2 is 1.88 bits per heavy atom. The van der Waals surface area contributed by atoms with Gasteiger partial charge in [-0.3, -0.25) is 0 Å². The first-order valence-electron chi connectivity index (χ1n) is 8.15. The van der Waals surface area contributed by atoms with Crippen molar-refractivity contribution in [2.45, 2.75) is 0 Å². The quantitative estimate of drug-likeness (QED) is 0.936. The molecule has 0 bridgehead atoms. The number of anilines is 2. The van der Waals surface area contributed by atoms with Gasteiger partial charge in [-0.15, -0.1) is 0 Å². The number of rotatable bonds is 3. The molecule has 0 aliphatic carbocycles. The molecule has 1 aliphatic heterocycles. The number of piperazine rings is 1. The van der Waals surface area contributed by atoms with E-state index in [2.05, 4.69) is 16.3 Å². The van der Waals surface area contributed by atoms with Crippen LogP contribution in [0, 0.1) is 11.3 Å². The van der Waals surface area contributed by atoms with Crippen LogP contribution in [0.1, 0.15) is 5.56 Å². The summed E-state index contributed by atoms with van der Waals surface area (Å²) < 4.78 is 5.27. The van der Waals surface area contributed by atoms with Gasteiger partial charge in [-0.25, -0.2) is 4.79 Å². The van der Waals surface area contributed by atoms with E-state index in [4.69, 9.17) is 10.00 Å². The summed E-state index contributed by atoms with van der Waals surface area (Å²) in [6.45, 7) is 2.75. The van der Waals surface area contributed by atoms with Crippen LogP contribution >= 0.6 is 0 Å². The maximum absolute atomic E-state index is 12.4. The number of nitriles is 1. The Hall–Kier alpha value is -3.20. The number of urea groups is 1. The molecule has 3 rings (SSSR count). The molecule has 6 heteroatoms. The fourth-order valence-corrected chi connectivity index (χ4v) is 2.86. The van der Waals surface area contributed by atoms with Gasteiger partial charge in [-0.1, -0.05) is 18.2 Å². The minimum Gasteiger partial charge on any atom is -0.497 e. The fraction of sp³-hybridized carbons (Fsp3) is 0.263. The molecule has 0 saturated carbocycles. The molecule has 2 aromatic rings. The molecule has 25 heavy (non-hydrogen) atoms. The number of carbonyl (C=O) groups excluding carboxylic acids is 1. The lowest BCUT2D eigenvalue weighted by Gasteiger charge is -2.36. The number of nitrogens with one attached hydrogen (secondary N) is 1. The summed E-state index contributed by atoms with van der Waals surface area (Å²) in [5.41, 5.74) is 2.10. The summed E-state index contributed by atoms with van der Waals surface area (Å²) in [5.74, 6) is 0.825. The van der Waals surface area contributed by atoms with Crippen molar-refractivity contribution >= 4 is 17.4 Å². The summed E-state index contributed by atoms with van der Waals surface area (Å²) in [5, 5.41) is 11.9. The molecule has 1 fully saturated rings. The lowest BCUT2D eigenvalue weighted by Crippen LogP contribution is -2.50. The fourth-order valence-electron chi connectivity index (χ4n) is 2.86. The summed E-state index contributed by atoms with van der Waals surface area (Å²) in [6, 6.07) is 16.9. The van der Waals surface area contributed by atoms with Gasteiger partial charge < -0.3 is 19.9 Å². The number of para-hydroxylation sites is 1. The molecular weight excluding hydrogens is 316 g/mol. The van der Waals surface area contributed by atoms with E-state index in [0.717, 1.165) is 24.5 Å². The maximum Gasteiger partial charge on any atom is 0.322 e. The minimum atomic E-state index is -0.173. The highest BCUT2D eigenvalue weighted by molar-refractivity contribution is 5.91. The Morgan fingerprint density at radius 1 is 1.12 bits per heavy atom. The first-order chi connectivity index (χ1) is 12.2. The van der Waals surface area contributed by atoms with Gasteiger partial charge in [-0.2, -0.15) is 5.26 Å². The Morgan fingerprint density at radius 3 is 2.60 bits per heavy atom. The summed E-state index contributed by atoms with van der Waals surface area (Å²) in [4.78, 5) is 16.4. The average molecular weight is 336 g/mol. The predicted octanol–water partition coefficient (Wildman–Crippen LogP) is 2.92. The molecule has 1 saturated heterocycles. The van der Waals surface area contributed by atoms with E-state index >= 15 is 0 Å². The van der Waals surface area contributed by atoms with Gasteiger partial charge in [0.2, 0.25) is 0 Å². The number of benzene rings is 2. The number of amides is 2. The molecule has 0 atom stereocenters. The number of carbonyl (C=O) groups is 1. The number of ether oxygens (including phenoxy) is 1. The molecule has 0 aromatic heterocycles. The van der Waals surface area contributed by atoms with Crippen molar-refractivity contribution in [3.05, 3.63) is 54.1 Å². The van der Waals surface area contributed by atoms with E-state index in [1.807, 2.05) is 24.3 Å². The highest BCUT2D eigenvalue weighted by atomic mass is 16.5. The van der Waals surface area contributed by atoms with Crippen LogP contribution in [0.4, 0.5) is 16.2 Å². The Bertz CT molecular complexity index is 792. The molecule has 0 spiro atoms. The normalized spacial score (nSPS) is 13.9. The molecule has 1 aliphatic rings. The first kappa shape index (κ1) is 16.7. The third-order valence-corrected chi connectivity index (χ3v) is 4.27. The molecule has 0 radical (unpaired) electrons. The second-order valence-corrected chi connectivity index (χ2v) is 5.76. The van der Waals surface area contributed by atoms with Crippen molar-refractivity contribution in [2.24, 2.45) is 0 Å². The van der Waals surface area contributed by atoms with Crippen LogP contribution < -0.4 is 15.0 Å². The minimum absolute atomic E-state index is 0.173. The van der Waals surface area contributed by atoms with Crippen LogP contribution in [0.25, 0.3) is 0 Å². The number of nitrogens with zero attached hydrogens (tertiary/aromatic N) is 3. The molecule has 0 unspecified atom stereocenters. The monoisotopic (exact) mass is 336 g/mol. The Balaban J connectivity index is 1.60. The van der Waals surface area contributed by atoms with Crippen molar-refractivity contribution < 1.29 is 9.53 Å². The number of hydrogen-bond donors (Lipinski definition) is 1. The van der Waals surface area contributed by atoms with Crippen molar-refractivity contribution in [3.63, 3.8) is 0 Å². The maximum atomic E-state index is 12.4. The van der Waals surface area contributed by atoms with Crippen LogP contribution in [0.2, 0.25) is 0 Å². The van der Waals surface area contributed by atoms with Crippen LogP contribution in [0.3, 0.4) is 0 Å². The zero-order valence-electron chi connectivity index (χ0n) is 14.1. The van der Waals surface area contributed by atoms with Crippen molar-refractivity contribution in [2.75, 3.05) is 43.5 Å². The van der Waals surface area contributed by atoms with Crippen LogP contribution in [-0.2, 0) is 0 Å². The smallest absolute Gasteiger partial charge is 0.322 e. The largest absolute Gasteiger partial charge is 0.497 e. The molecule has 6 nitrogen and oxygen atoms in total. The summed E-state index contributed by atoms with van der Waals surface area (Å²) in [7, 11) is 1.65. The molecular formula is C19H20N4O2. The SMILES string of the molecule is COc1cccc(N2CCN(C(=O)Nc3ccccc3C#N)CC2)c1. The zero-order valence-corrected chi connectivity index (χ0v) is 14.1. The van der Waals surface area contributed by atoms with Gasteiger partial charge in [0.1, 0.15) is 11.8 Å². The van der Waals surface area contributed by atoms with E-state index in [9.17, 15) is 4.79 Å². The zero-order chi connectivity index (χ0) is 17.6. The second kappa shape index (κ2) is 7.58. The number of methoxy groups -OCH3 is 1. The summed E-state index contributed by atoms with van der Waals surface area (Å²) in [6.07, 6.45) is 0. The highest BCUT2D eigenvalue weighted by Crippen LogP contribution is 2.22. The molecule has 2 aromatic carbocycles. The van der Waals surface area contributed by atoms with Gasteiger partial charge in [0.05, 0.1) is 18.4 Å². The van der Waals surface area contributed by atoms with E-state index in [-0.39, 0.29) is 6.03 Å². The van der Waals surface area contributed by atoms with Crippen molar-refractivity contribution in [3.8, 4) is 11.8 Å². The molecule has 1 N–H and O–H groups in total. The van der Waals surface area contributed by atoms with Gasteiger partial charge in [-0.05, 0) is 24.3 Å². The Kier molecular flexibility index (Phi) is 5.05. The van der Waals surface area contributed by atoms with Crippen molar-refractivity contribution in [1.29, 1.82) is 5.26 Å². The lowest BCUT2D eigenvalue weighted by atomic mass is 10.2. The average Bonchev–Trinajstić information content (AvgIpc) is 2.68. The lowest BCUT2D eigenvalue weighted by molar-refractivity contribution is 0.208. The molecule has 2 amide bonds. The third-order valence-electron chi connectivity index (χ3n) is 4.27. The Labute approximate surface area is 147 Å². The van der Waals surface area contributed by atoms with Crippen LogP contribution in [0.5, 0.6) is 5.75 Å². The van der Waals surface area contributed by atoms with Crippen molar-refractivity contribution in [1.82, 2.24) is 4.90 Å². The third kappa shape index (κ3) is 3.83. The second-order valence-electron chi connectivity index (χ2n) is 5.76. The topological polar surface area (TPSA) is 68.6 Å². The van der Waals surface area contributed by atoms with E-state index in [0.29, 0.717) is 24.3 Å². The van der Waals surface area contributed by atoms with Gasteiger partial charge in [0, 0.05) is 37.9 Å². The summed E-state index contributed by atoms with van der Waals surface area (Å²) >= 11 is 0. The van der Waals surface area contributed by atoms with Gasteiger partial charge in [0.15, 0.2) is 0 Å². The van der Waals surface area contributed by atoms with Crippen LogP contribution in [0.15, 0.2) is 48.5 Å². The standard InChI is InChI=1S/C19H20N4O2/c1-25-17-7-4-6-16(13-17)22-9-11-23(12-10-22)19(24)21-18-8-3-2-5-15(18)14-20/h2-8,13H,9-12H2,1H3,(H,21,24). The number of hydrogen-bond acceptors (Lipinski definition) is 4. The predicted molar refractivity (Wildman–Crippen MR) is 97.0 cm³/mol. The van der Waals surface area contributed by atoms with Gasteiger partial charge in [0.25, 0.3) is 0 Å². The van der Waals surface area contributed by atoms with E-state index < -0.39 is 0 Å². The van der Waals surface area contributed by atoms with Gasteiger partial charge >= 0.3 is 6.03 Å². The van der Waals surface area contributed by atoms with E-state index in [1.54, 1.807) is 36.3 Å². The van der Waals surface area contributed by atoms with E-state index in [1.165, 1.54) is 0 Å². The molecule has 1 heterocycles. The van der Waals surface area contributed by atoms with Crippen LogP contribution in [-0.4, -0.2) is 44.2 Å². The molecule has 128 valence electrons. The first-order valence-corrected chi connectivity index (χ1v) is 8.15. The highest BCUT2D eigenvalue weighted by Gasteiger charge is 2.22.